The molecule has 1 fully saturated rings. The molecule has 0 amide bonds. The number of ether oxygens (including phenoxy) is 2. The molecule has 1 heterocycles. The Morgan fingerprint density at radius 1 is 1.17 bits per heavy atom. The largest absolute Gasteiger partial charge is 0.497 e. The normalized spacial score (nSPS) is 16.3. The molecule has 0 atom stereocenters. The molecular formula is C19H30N2O2. The third-order valence-corrected chi connectivity index (χ3v) is 4.35. The van der Waals surface area contributed by atoms with Crippen molar-refractivity contribution in [2.24, 2.45) is 0 Å². The number of benzene rings is 1. The third kappa shape index (κ3) is 5.88. The molecule has 0 aliphatic carbocycles. The minimum atomic E-state index is 0.768. The molecule has 0 N–H and O–H groups in total. The lowest BCUT2D eigenvalue weighted by atomic mass is 10.1. The molecule has 128 valence electrons. The SMILES string of the molecule is C=CCc1cc(OC)ccc1OCCCCN1CCN(C)CC1. The van der Waals surface area contributed by atoms with Gasteiger partial charge in [0.15, 0.2) is 0 Å². The molecule has 0 unspecified atom stereocenters. The van der Waals surface area contributed by atoms with E-state index in [1.54, 1.807) is 7.11 Å². The summed E-state index contributed by atoms with van der Waals surface area (Å²) in [5.74, 6) is 1.81. The maximum Gasteiger partial charge on any atom is 0.123 e. The Morgan fingerprint density at radius 3 is 2.65 bits per heavy atom. The summed E-state index contributed by atoms with van der Waals surface area (Å²) in [5, 5.41) is 0. The molecule has 1 aliphatic heterocycles. The Bertz CT molecular complexity index is 482. The van der Waals surface area contributed by atoms with E-state index in [-0.39, 0.29) is 0 Å². The predicted molar refractivity (Wildman–Crippen MR) is 95.6 cm³/mol. The number of likely N-dealkylation sites (N-methyl/N-ethyl adjacent to an activating group) is 1. The molecule has 0 radical (unpaired) electrons. The van der Waals surface area contributed by atoms with Crippen molar-refractivity contribution < 1.29 is 9.47 Å². The number of rotatable bonds is 9. The predicted octanol–water partition coefficient (Wildman–Crippen LogP) is 2.83. The van der Waals surface area contributed by atoms with Crippen molar-refractivity contribution in [2.45, 2.75) is 19.3 Å². The van der Waals surface area contributed by atoms with Crippen LogP contribution >= 0.6 is 0 Å². The summed E-state index contributed by atoms with van der Waals surface area (Å²) in [6.45, 7) is 10.5. The molecule has 1 aromatic rings. The first-order valence-electron chi connectivity index (χ1n) is 8.54. The average molecular weight is 318 g/mol. The van der Waals surface area contributed by atoms with Gasteiger partial charge in [-0.25, -0.2) is 0 Å². The van der Waals surface area contributed by atoms with Crippen LogP contribution in [0.2, 0.25) is 0 Å². The van der Waals surface area contributed by atoms with E-state index in [4.69, 9.17) is 9.47 Å². The van der Waals surface area contributed by atoms with Gasteiger partial charge < -0.3 is 19.3 Å². The van der Waals surface area contributed by atoms with Crippen molar-refractivity contribution in [2.75, 3.05) is 53.5 Å². The summed E-state index contributed by atoms with van der Waals surface area (Å²) in [5.41, 5.74) is 1.14. The van der Waals surface area contributed by atoms with Crippen LogP contribution in [0.15, 0.2) is 30.9 Å². The molecule has 23 heavy (non-hydrogen) atoms. The van der Waals surface area contributed by atoms with E-state index in [0.717, 1.165) is 36.5 Å². The van der Waals surface area contributed by atoms with Crippen molar-refractivity contribution in [1.29, 1.82) is 0 Å². The summed E-state index contributed by atoms with van der Waals surface area (Å²) >= 11 is 0. The third-order valence-electron chi connectivity index (χ3n) is 4.35. The molecule has 1 aromatic carbocycles. The second-order valence-electron chi connectivity index (χ2n) is 6.17. The van der Waals surface area contributed by atoms with Gasteiger partial charge >= 0.3 is 0 Å². The van der Waals surface area contributed by atoms with Gasteiger partial charge in [-0.3, -0.25) is 0 Å². The van der Waals surface area contributed by atoms with Gasteiger partial charge in [-0.1, -0.05) is 6.08 Å². The fourth-order valence-electron chi connectivity index (χ4n) is 2.83. The molecule has 0 spiro atoms. The van der Waals surface area contributed by atoms with Gasteiger partial charge in [0.25, 0.3) is 0 Å². The molecule has 4 heteroatoms. The molecule has 1 aliphatic rings. The monoisotopic (exact) mass is 318 g/mol. The number of hydrogen-bond acceptors (Lipinski definition) is 4. The van der Waals surface area contributed by atoms with Crippen LogP contribution in [0.3, 0.4) is 0 Å². The maximum atomic E-state index is 5.97. The van der Waals surface area contributed by atoms with E-state index < -0.39 is 0 Å². The maximum absolute atomic E-state index is 5.97. The average Bonchev–Trinajstić information content (AvgIpc) is 2.57. The second-order valence-corrected chi connectivity index (χ2v) is 6.17. The van der Waals surface area contributed by atoms with Crippen LogP contribution in [0.4, 0.5) is 0 Å². The van der Waals surface area contributed by atoms with Gasteiger partial charge in [0.1, 0.15) is 11.5 Å². The quantitative estimate of drug-likeness (QED) is 0.516. The minimum Gasteiger partial charge on any atom is -0.497 e. The van der Waals surface area contributed by atoms with Crippen molar-refractivity contribution in [3.05, 3.63) is 36.4 Å². The molecule has 0 saturated carbocycles. The molecule has 0 bridgehead atoms. The Kier molecular flexibility index (Phi) is 7.43. The zero-order valence-electron chi connectivity index (χ0n) is 14.6. The number of methoxy groups -OCH3 is 1. The topological polar surface area (TPSA) is 24.9 Å². The van der Waals surface area contributed by atoms with Crippen LogP contribution in [0.25, 0.3) is 0 Å². The van der Waals surface area contributed by atoms with E-state index in [2.05, 4.69) is 23.4 Å². The molecular weight excluding hydrogens is 288 g/mol. The van der Waals surface area contributed by atoms with Crippen LogP contribution in [0.1, 0.15) is 18.4 Å². The number of unbranched alkanes of at least 4 members (excludes halogenated alkanes) is 1. The Balaban J connectivity index is 1.70. The lowest BCUT2D eigenvalue weighted by Gasteiger charge is -2.32. The summed E-state index contributed by atoms with van der Waals surface area (Å²) < 4.78 is 11.2. The van der Waals surface area contributed by atoms with Gasteiger partial charge in [-0.2, -0.15) is 0 Å². The Labute approximate surface area is 140 Å². The van der Waals surface area contributed by atoms with E-state index >= 15 is 0 Å². The van der Waals surface area contributed by atoms with Crippen molar-refractivity contribution >= 4 is 0 Å². The Hall–Kier alpha value is -1.52. The lowest BCUT2D eigenvalue weighted by Crippen LogP contribution is -2.44. The van der Waals surface area contributed by atoms with Crippen molar-refractivity contribution in [3.8, 4) is 11.5 Å². The first kappa shape index (κ1) is 17.8. The van der Waals surface area contributed by atoms with E-state index in [1.807, 2.05) is 24.3 Å². The lowest BCUT2D eigenvalue weighted by molar-refractivity contribution is 0.150. The minimum absolute atomic E-state index is 0.768. The van der Waals surface area contributed by atoms with Crippen molar-refractivity contribution in [1.82, 2.24) is 9.80 Å². The van der Waals surface area contributed by atoms with Gasteiger partial charge in [0.05, 0.1) is 13.7 Å². The summed E-state index contributed by atoms with van der Waals surface area (Å²) in [4.78, 5) is 4.95. The number of hydrogen-bond donors (Lipinski definition) is 0. The van der Waals surface area contributed by atoms with Gasteiger partial charge in [-0.15, -0.1) is 6.58 Å². The van der Waals surface area contributed by atoms with Crippen molar-refractivity contribution in [3.63, 3.8) is 0 Å². The fraction of sp³-hybridized carbons (Fsp3) is 0.579. The summed E-state index contributed by atoms with van der Waals surface area (Å²) in [6, 6.07) is 5.98. The summed E-state index contributed by atoms with van der Waals surface area (Å²) in [6.07, 6.45) is 4.98. The van der Waals surface area contributed by atoms with Gasteiger partial charge in [-0.05, 0) is 51.1 Å². The van der Waals surface area contributed by atoms with E-state index in [0.29, 0.717) is 0 Å². The standard InChI is InChI=1S/C19H30N2O2/c1-4-7-17-16-18(22-3)8-9-19(17)23-15-6-5-10-21-13-11-20(2)12-14-21/h4,8-9,16H,1,5-7,10-15H2,2-3H3. The van der Waals surface area contributed by atoms with E-state index in [9.17, 15) is 0 Å². The highest BCUT2D eigenvalue weighted by Crippen LogP contribution is 2.25. The van der Waals surface area contributed by atoms with E-state index in [1.165, 1.54) is 39.1 Å². The molecule has 4 nitrogen and oxygen atoms in total. The first-order valence-corrected chi connectivity index (χ1v) is 8.54. The highest BCUT2D eigenvalue weighted by Gasteiger charge is 2.12. The zero-order valence-corrected chi connectivity index (χ0v) is 14.6. The molecule has 0 aromatic heterocycles. The number of piperazine rings is 1. The zero-order chi connectivity index (χ0) is 16.5. The Morgan fingerprint density at radius 2 is 1.96 bits per heavy atom. The van der Waals surface area contributed by atoms with Crippen LogP contribution in [0, 0.1) is 0 Å². The van der Waals surface area contributed by atoms with Crippen LogP contribution in [0.5, 0.6) is 11.5 Å². The van der Waals surface area contributed by atoms with Gasteiger partial charge in [0, 0.05) is 31.7 Å². The second kappa shape index (κ2) is 9.58. The number of nitrogens with zero attached hydrogens (tertiary/aromatic N) is 2. The van der Waals surface area contributed by atoms with Crippen LogP contribution in [-0.4, -0.2) is 63.3 Å². The van der Waals surface area contributed by atoms with Crippen LogP contribution in [-0.2, 0) is 6.42 Å². The fourth-order valence-corrected chi connectivity index (χ4v) is 2.83. The highest BCUT2D eigenvalue weighted by atomic mass is 16.5. The number of allylic oxidation sites excluding steroid dienone is 1. The highest BCUT2D eigenvalue weighted by molar-refractivity contribution is 5.41. The first-order chi connectivity index (χ1) is 11.2. The summed E-state index contributed by atoms with van der Waals surface area (Å²) in [7, 11) is 3.88. The molecule has 2 rings (SSSR count). The van der Waals surface area contributed by atoms with Crippen LogP contribution < -0.4 is 9.47 Å². The van der Waals surface area contributed by atoms with Gasteiger partial charge in [0.2, 0.25) is 0 Å². The molecule has 1 saturated heterocycles. The smallest absolute Gasteiger partial charge is 0.123 e.